The Labute approximate surface area is 77.7 Å². The van der Waals surface area contributed by atoms with Gasteiger partial charge >= 0.3 is 0 Å². The number of nitrogens with two attached hydrogens (primary N) is 1. The SMILES string of the molecule is CC(C)c1cnn(CCC(N)=O)c1. The third kappa shape index (κ3) is 2.89. The van der Waals surface area contributed by atoms with Crippen LogP contribution >= 0.6 is 0 Å². The first-order chi connectivity index (χ1) is 6.09. The number of carbonyl (C=O) groups excluding carboxylic acids is 1. The van der Waals surface area contributed by atoms with Gasteiger partial charge in [-0.3, -0.25) is 9.48 Å². The van der Waals surface area contributed by atoms with Crippen LogP contribution in [0.3, 0.4) is 0 Å². The first-order valence-electron chi connectivity index (χ1n) is 4.40. The number of amides is 1. The smallest absolute Gasteiger partial charge is 0.219 e. The Morgan fingerprint density at radius 1 is 1.69 bits per heavy atom. The molecule has 0 bridgehead atoms. The fraction of sp³-hybridized carbons (Fsp3) is 0.556. The second-order valence-corrected chi connectivity index (χ2v) is 3.41. The first-order valence-corrected chi connectivity index (χ1v) is 4.40. The predicted molar refractivity (Wildman–Crippen MR) is 50.1 cm³/mol. The van der Waals surface area contributed by atoms with Crippen LogP contribution in [0.4, 0.5) is 0 Å². The number of carbonyl (C=O) groups is 1. The number of primary amides is 1. The van der Waals surface area contributed by atoms with E-state index in [4.69, 9.17) is 5.73 Å². The highest BCUT2D eigenvalue weighted by atomic mass is 16.1. The Bertz CT molecular complexity index is 291. The maximum atomic E-state index is 10.5. The average Bonchev–Trinajstić information content (AvgIpc) is 2.48. The monoisotopic (exact) mass is 181 g/mol. The Morgan fingerprint density at radius 3 is 2.85 bits per heavy atom. The molecule has 72 valence electrons. The lowest BCUT2D eigenvalue weighted by Gasteiger charge is -1.99. The highest BCUT2D eigenvalue weighted by Gasteiger charge is 2.03. The molecule has 1 aromatic rings. The van der Waals surface area contributed by atoms with E-state index < -0.39 is 0 Å². The van der Waals surface area contributed by atoms with Crippen molar-refractivity contribution < 1.29 is 4.79 Å². The quantitative estimate of drug-likeness (QED) is 0.749. The summed E-state index contributed by atoms with van der Waals surface area (Å²) in [5, 5.41) is 4.12. The van der Waals surface area contributed by atoms with Crippen LogP contribution in [0.5, 0.6) is 0 Å². The lowest BCUT2D eigenvalue weighted by atomic mass is 10.1. The number of aromatic nitrogens is 2. The van der Waals surface area contributed by atoms with Gasteiger partial charge < -0.3 is 5.73 Å². The lowest BCUT2D eigenvalue weighted by Crippen LogP contribution is -2.14. The van der Waals surface area contributed by atoms with Crippen molar-refractivity contribution in [2.75, 3.05) is 0 Å². The summed E-state index contributed by atoms with van der Waals surface area (Å²) in [5.74, 6) is 0.184. The molecule has 0 aliphatic heterocycles. The van der Waals surface area contributed by atoms with Gasteiger partial charge in [0.2, 0.25) is 5.91 Å². The fourth-order valence-electron chi connectivity index (χ4n) is 1.02. The molecule has 13 heavy (non-hydrogen) atoms. The van der Waals surface area contributed by atoms with E-state index >= 15 is 0 Å². The molecule has 0 atom stereocenters. The summed E-state index contributed by atoms with van der Waals surface area (Å²) in [6.45, 7) is 4.78. The van der Waals surface area contributed by atoms with Crippen molar-refractivity contribution in [1.29, 1.82) is 0 Å². The van der Waals surface area contributed by atoms with Crippen molar-refractivity contribution in [2.45, 2.75) is 32.7 Å². The van der Waals surface area contributed by atoms with Gasteiger partial charge in [-0.2, -0.15) is 5.10 Å². The number of hydrogen-bond acceptors (Lipinski definition) is 2. The van der Waals surface area contributed by atoms with Crippen LogP contribution in [0.1, 0.15) is 31.7 Å². The van der Waals surface area contributed by atoms with Crippen LogP contribution in [0.25, 0.3) is 0 Å². The van der Waals surface area contributed by atoms with Gasteiger partial charge in [0.15, 0.2) is 0 Å². The van der Waals surface area contributed by atoms with Gasteiger partial charge in [-0.1, -0.05) is 13.8 Å². The lowest BCUT2D eigenvalue weighted by molar-refractivity contribution is -0.118. The number of rotatable bonds is 4. The molecule has 4 heteroatoms. The average molecular weight is 181 g/mol. The third-order valence-corrected chi connectivity index (χ3v) is 1.91. The minimum Gasteiger partial charge on any atom is -0.370 e. The van der Waals surface area contributed by atoms with Crippen molar-refractivity contribution in [1.82, 2.24) is 9.78 Å². The largest absolute Gasteiger partial charge is 0.370 e. The Kier molecular flexibility index (Phi) is 3.06. The summed E-state index contributed by atoms with van der Waals surface area (Å²) >= 11 is 0. The van der Waals surface area contributed by atoms with E-state index in [0.717, 1.165) is 0 Å². The van der Waals surface area contributed by atoms with E-state index in [1.54, 1.807) is 4.68 Å². The molecule has 1 rings (SSSR count). The summed E-state index contributed by atoms with van der Waals surface area (Å²) in [6.07, 6.45) is 4.12. The molecule has 1 amide bonds. The minimum atomic E-state index is -0.290. The van der Waals surface area contributed by atoms with Crippen molar-refractivity contribution in [3.63, 3.8) is 0 Å². The van der Waals surface area contributed by atoms with Crippen LogP contribution in [-0.2, 0) is 11.3 Å². The molecular formula is C9H15N3O. The maximum Gasteiger partial charge on any atom is 0.219 e. The number of hydrogen-bond donors (Lipinski definition) is 1. The molecule has 0 unspecified atom stereocenters. The van der Waals surface area contributed by atoms with E-state index in [-0.39, 0.29) is 5.91 Å². The molecule has 2 N–H and O–H groups in total. The molecule has 0 aliphatic rings. The van der Waals surface area contributed by atoms with Crippen molar-refractivity contribution in [2.24, 2.45) is 5.73 Å². The van der Waals surface area contributed by atoms with Gasteiger partial charge in [0.1, 0.15) is 0 Å². The van der Waals surface area contributed by atoms with E-state index in [1.165, 1.54) is 5.56 Å². The zero-order valence-corrected chi connectivity index (χ0v) is 8.03. The van der Waals surface area contributed by atoms with Crippen LogP contribution < -0.4 is 5.73 Å². The van der Waals surface area contributed by atoms with E-state index in [1.807, 2.05) is 12.4 Å². The number of nitrogens with zero attached hydrogens (tertiary/aromatic N) is 2. The molecular weight excluding hydrogens is 166 g/mol. The summed E-state index contributed by atoms with van der Waals surface area (Å²) in [4.78, 5) is 10.5. The summed E-state index contributed by atoms with van der Waals surface area (Å²) < 4.78 is 1.75. The van der Waals surface area contributed by atoms with Crippen LogP contribution in [0, 0.1) is 0 Å². The second-order valence-electron chi connectivity index (χ2n) is 3.41. The van der Waals surface area contributed by atoms with Gasteiger partial charge in [-0.15, -0.1) is 0 Å². The molecule has 0 fully saturated rings. The highest BCUT2D eigenvalue weighted by molar-refractivity contribution is 5.73. The molecule has 0 saturated heterocycles. The van der Waals surface area contributed by atoms with Gasteiger partial charge in [0.05, 0.1) is 6.20 Å². The molecule has 0 spiro atoms. The van der Waals surface area contributed by atoms with Gasteiger partial charge in [0, 0.05) is 19.2 Å². The molecule has 0 saturated carbocycles. The Balaban J connectivity index is 2.54. The zero-order chi connectivity index (χ0) is 9.84. The molecule has 0 aromatic carbocycles. The molecule has 1 aromatic heterocycles. The van der Waals surface area contributed by atoms with Gasteiger partial charge in [-0.25, -0.2) is 0 Å². The van der Waals surface area contributed by atoms with Crippen LogP contribution in [-0.4, -0.2) is 15.7 Å². The summed E-state index contributed by atoms with van der Waals surface area (Å²) in [7, 11) is 0. The van der Waals surface area contributed by atoms with Gasteiger partial charge in [0.25, 0.3) is 0 Å². The fourth-order valence-corrected chi connectivity index (χ4v) is 1.02. The normalized spacial score (nSPS) is 10.7. The zero-order valence-electron chi connectivity index (χ0n) is 8.03. The molecule has 0 aliphatic carbocycles. The summed E-state index contributed by atoms with van der Waals surface area (Å²) in [6, 6.07) is 0. The Hall–Kier alpha value is -1.32. The minimum absolute atomic E-state index is 0.290. The van der Waals surface area contributed by atoms with Crippen LogP contribution in [0.15, 0.2) is 12.4 Å². The standard InChI is InChI=1S/C9H15N3O/c1-7(2)8-5-11-12(6-8)4-3-9(10)13/h5-7H,3-4H2,1-2H3,(H2,10,13). The highest BCUT2D eigenvalue weighted by Crippen LogP contribution is 2.12. The van der Waals surface area contributed by atoms with Crippen LogP contribution in [0.2, 0.25) is 0 Å². The van der Waals surface area contributed by atoms with Crippen molar-refractivity contribution in [3.05, 3.63) is 18.0 Å². The number of aryl methyl sites for hydroxylation is 1. The topological polar surface area (TPSA) is 60.9 Å². The van der Waals surface area contributed by atoms with E-state index in [9.17, 15) is 4.79 Å². The third-order valence-electron chi connectivity index (χ3n) is 1.91. The molecule has 4 nitrogen and oxygen atoms in total. The van der Waals surface area contributed by atoms with Gasteiger partial charge in [-0.05, 0) is 11.5 Å². The van der Waals surface area contributed by atoms with E-state index in [0.29, 0.717) is 18.9 Å². The van der Waals surface area contributed by atoms with Crippen molar-refractivity contribution in [3.8, 4) is 0 Å². The maximum absolute atomic E-state index is 10.5. The van der Waals surface area contributed by atoms with Crippen molar-refractivity contribution >= 4 is 5.91 Å². The van der Waals surface area contributed by atoms with E-state index in [2.05, 4.69) is 18.9 Å². The molecule has 0 radical (unpaired) electrons. The first kappa shape index (κ1) is 9.77. The summed E-state index contributed by atoms with van der Waals surface area (Å²) in [5.41, 5.74) is 6.21. The second kappa shape index (κ2) is 4.07. The predicted octanol–water partition coefficient (Wildman–Crippen LogP) is 0.882. The Morgan fingerprint density at radius 2 is 2.38 bits per heavy atom. The molecule has 1 heterocycles.